The molecular weight excluding hydrogens is 295 g/mol. The van der Waals surface area contributed by atoms with Crippen LogP contribution >= 0.6 is 0 Å². The van der Waals surface area contributed by atoms with E-state index >= 15 is 0 Å². The quantitative estimate of drug-likeness (QED) is 0.884. The zero-order valence-corrected chi connectivity index (χ0v) is 12.4. The lowest BCUT2D eigenvalue weighted by molar-refractivity contribution is -0.154. The van der Waals surface area contributed by atoms with Crippen LogP contribution in [0.2, 0.25) is 0 Å². The number of carbonyl (C=O) groups is 1. The standard InChI is InChI=1S/C15H18F3N3O/c1-3-9(2)13(21-12(22)8-15(16,17)18)14-19-10-6-4-5-7-11(10)20-14/h4-7,9,13H,3,8H2,1-2H3,(H,19,20)(H,21,22)/t9-,13-/m0/s1. The first-order valence-corrected chi connectivity index (χ1v) is 7.11. The smallest absolute Gasteiger partial charge is 0.346 e. The summed E-state index contributed by atoms with van der Waals surface area (Å²) in [5.74, 6) is -0.609. The number of rotatable bonds is 5. The highest BCUT2D eigenvalue weighted by Gasteiger charge is 2.33. The van der Waals surface area contributed by atoms with Crippen molar-refractivity contribution in [2.75, 3.05) is 0 Å². The summed E-state index contributed by atoms with van der Waals surface area (Å²) >= 11 is 0. The van der Waals surface area contributed by atoms with Crippen molar-refractivity contribution in [2.24, 2.45) is 5.92 Å². The maximum Gasteiger partial charge on any atom is 0.397 e. The Hall–Kier alpha value is -2.05. The van der Waals surface area contributed by atoms with E-state index in [1.807, 2.05) is 32.0 Å². The first-order chi connectivity index (χ1) is 10.3. The minimum absolute atomic E-state index is 0.0438. The molecule has 0 unspecified atom stereocenters. The number of para-hydroxylation sites is 2. The van der Waals surface area contributed by atoms with Gasteiger partial charge in [-0.2, -0.15) is 13.2 Å². The van der Waals surface area contributed by atoms with Gasteiger partial charge < -0.3 is 10.3 Å². The Bertz CT molecular complexity index is 618. The largest absolute Gasteiger partial charge is 0.397 e. The van der Waals surface area contributed by atoms with Crippen molar-refractivity contribution in [3.8, 4) is 0 Å². The number of aromatic amines is 1. The molecule has 120 valence electrons. The van der Waals surface area contributed by atoms with Gasteiger partial charge in [-0.3, -0.25) is 4.79 Å². The van der Waals surface area contributed by atoms with Crippen molar-refractivity contribution in [1.29, 1.82) is 0 Å². The van der Waals surface area contributed by atoms with Crippen LogP contribution in [0, 0.1) is 5.92 Å². The van der Waals surface area contributed by atoms with Crippen molar-refractivity contribution in [1.82, 2.24) is 15.3 Å². The average molecular weight is 313 g/mol. The second-order valence-corrected chi connectivity index (χ2v) is 5.36. The average Bonchev–Trinajstić information content (AvgIpc) is 2.85. The highest BCUT2D eigenvalue weighted by molar-refractivity contribution is 5.78. The number of halogens is 3. The van der Waals surface area contributed by atoms with Gasteiger partial charge in [-0.25, -0.2) is 4.98 Å². The molecule has 0 saturated heterocycles. The number of H-pyrrole nitrogens is 1. The fourth-order valence-corrected chi connectivity index (χ4v) is 2.24. The summed E-state index contributed by atoms with van der Waals surface area (Å²) < 4.78 is 37.0. The molecule has 1 aromatic heterocycles. The van der Waals surface area contributed by atoms with E-state index in [0.717, 1.165) is 11.0 Å². The number of fused-ring (bicyclic) bond motifs is 1. The third kappa shape index (κ3) is 3.99. The molecule has 22 heavy (non-hydrogen) atoms. The molecule has 0 aliphatic rings. The van der Waals surface area contributed by atoms with Crippen LogP contribution in [0.3, 0.4) is 0 Å². The molecule has 1 amide bonds. The molecule has 0 radical (unpaired) electrons. The van der Waals surface area contributed by atoms with E-state index in [1.54, 1.807) is 6.07 Å². The van der Waals surface area contributed by atoms with Crippen molar-refractivity contribution < 1.29 is 18.0 Å². The van der Waals surface area contributed by atoms with Crippen LogP contribution in [0.1, 0.15) is 38.6 Å². The highest BCUT2D eigenvalue weighted by Crippen LogP contribution is 2.26. The minimum Gasteiger partial charge on any atom is -0.346 e. The molecule has 0 bridgehead atoms. The van der Waals surface area contributed by atoms with Gasteiger partial charge in [0.1, 0.15) is 12.2 Å². The molecular formula is C15H18F3N3O. The van der Waals surface area contributed by atoms with Crippen LogP contribution in [0.4, 0.5) is 13.2 Å². The number of nitrogens with zero attached hydrogens (tertiary/aromatic N) is 1. The van der Waals surface area contributed by atoms with Gasteiger partial charge in [-0.15, -0.1) is 0 Å². The van der Waals surface area contributed by atoms with Crippen molar-refractivity contribution in [2.45, 2.75) is 38.9 Å². The molecule has 7 heteroatoms. The third-order valence-electron chi connectivity index (χ3n) is 3.59. The van der Waals surface area contributed by atoms with Crippen LogP contribution in [0.5, 0.6) is 0 Å². The Kier molecular flexibility index (Phi) is 4.73. The van der Waals surface area contributed by atoms with Gasteiger partial charge in [-0.1, -0.05) is 32.4 Å². The molecule has 2 rings (SSSR count). The Balaban J connectivity index is 2.24. The molecule has 0 aliphatic carbocycles. The molecule has 0 saturated carbocycles. The van der Waals surface area contributed by atoms with Gasteiger partial charge in [0, 0.05) is 0 Å². The number of amides is 1. The molecule has 1 heterocycles. The normalized spacial score (nSPS) is 14.8. The number of carbonyl (C=O) groups excluding carboxylic acids is 1. The summed E-state index contributed by atoms with van der Waals surface area (Å²) in [6, 6.07) is 6.72. The van der Waals surface area contributed by atoms with Crippen LogP contribution in [-0.4, -0.2) is 22.1 Å². The van der Waals surface area contributed by atoms with Crippen molar-refractivity contribution >= 4 is 16.9 Å². The van der Waals surface area contributed by atoms with E-state index in [0.29, 0.717) is 12.2 Å². The van der Waals surface area contributed by atoms with Crippen LogP contribution in [0.15, 0.2) is 24.3 Å². The number of aromatic nitrogens is 2. The molecule has 0 fully saturated rings. The third-order valence-corrected chi connectivity index (χ3v) is 3.59. The Morgan fingerprint density at radius 1 is 1.36 bits per heavy atom. The number of hydrogen-bond donors (Lipinski definition) is 2. The Morgan fingerprint density at radius 2 is 2.05 bits per heavy atom. The molecule has 0 spiro atoms. The summed E-state index contributed by atoms with van der Waals surface area (Å²) in [5, 5.41) is 2.45. The number of alkyl halides is 3. The van der Waals surface area contributed by atoms with E-state index in [4.69, 9.17) is 0 Å². The lowest BCUT2D eigenvalue weighted by Gasteiger charge is -2.22. The molecule has 2 aromatic rings. The first kappa shape index (κ1) is 16.3. The summed E-state index contributed by atoms with van der Waals surface area (Å²) in [4.78, 5) is 19.1. The SMILES string of the molecule is CC[C@H](C)[C@H](NC(=O)CC(F)(F)F)c1nc2ccccc2[nH]1. The fourth-order valence-electron chi connectivity index (χ4n) is 2.24. The van der Waals surface area contributed by atoms with Gasteiger partial charge in [0.2, 0.25) is 5.91 Å². The molecule has 1 aromatic carbocycles. The van der Waals surface area contributed by atoms with Gasteiger partial charge in [0.25, 0.3) is 0 Å². The summed E-state index contributed by atoms with van der Waals surface area (Å²) in [5.41, 5.74) is 1.51. The number of benzene rings is 1. The number of hydrogen-bond acceptors (Lipinski definition) is 2. The van der Waals surface area contributed by atoms with E-state index < -0.39 is 24.5 Å². The van der Waals surface area contributed by atoms with Crippen molar-refractivity contribution in [3.05, 3.63) is 30.1 Å². The van der Waals surface area contributed by atoms with Gasteiger partial charge >= 0.3 is 6.18 Å². The molecule has 2 atom stereocenters. The lowest BCUT2D eigenvalue weighted by atomic mass is 9.98. The number of imidazole rings is 1. The highest BCUT2D eigenvalue weighted by atomic mass is 19.4. The fraction of sp³-hybridized carbons (Fsp3) is 0.467. The van der Waals surface area contributed by atoms with Crippen LogP contribution in [0.25, 0.3) is 11.0 Å². The van der Waals surface area contributed by atoms with Gasteiger partial charge in [0.15, 0.2) is 0 Å². The van der Waals surface area contributed by atoms with Crippen molar-refractivity contribution in [3.63, 3.8) is 0 Å². The zero-order chi connectivity index (χ0) is 16.3. The predicted molar refractivity (Wildman–Crippen MR) is 77.1 cm³/mol. The van der Waals surface area contributed by atoms with Crippen LogP contribution in [-0.2, 0) is 4.79 Å². The minimum atomic E-state index is -4.52. The monoisotopic (exact) mass is 313 g/mol. The van der Waals surface area contributed by atoms with Gasteiger partial charge in [-0.05, 0) is 18.1 Å². The first-order valence-electron chi connectivity index (χ1n) is 7.11. The second kappa shape index (κ2) is 6.37. The predicted octanol–water partition coefficient (Wildman–Crippen LogP) is 3.72. The maximum atomic E-state index is 12.3. The van der Waals surface area contributed by atoms with E-state index in [2.05, 4.69) is 15.3 Å². The second-order valence-electron chi connectivity index (χ2n) is 5.36. The molecule has 0 aliphatic heterocycles. The Labute approximate surface area is 126 Å². The molecule has 2 N–H and O–H groups in total. The van der Waals surface area contributed by atoms with Gasteiger partial charge in [0.05, 0.1) is 17.1 Å². The summed E-state index contributed by atoms with van der Waals surface area (Å²) in [6.45, 7) is 3.78. The summed E-state index contributed by atoms with van der Waals surface area (Å²) in [7, 11) is 0. The maximum absolute atomic E-state index is 12.3. The van der Waals surface area contributed by atoms with E-state index in [1.165, 1.54) is 0 Å². The topological polar surface area (TPSA) is 57.8 Å². The van der Waals surface area contributed by atoms with E-state index in [-0.39, 0.29) is 5.92 Å². The summed E-state index contributed by atoms with van der Waals surface area (Å²) in [6.07, 6.45) is -5.30. The van der Waals surface area contributed by atoms with E-state index in [9.17, 15) is 18.0 Å². The van der Waals surface area contributed by atoms with Crippen LogP contribution < -0.4 is 5.32 Å². The zero-order valence-electron chi connectivity index (χ0n) is 12.4. The molecule has 4 nitrogen and oxygen atoms in total. The Morgan fingerprint density at radius 3 is 2.64 bits per heavy atom. The lowest BCUT2D eigenvalue weighted by Crippen LogP contribution is -2.35. The number of nitrogens with one attached hydrogen (secondary N) is 2.